The molecule has 1 aromatic rings. The van der Waals surface area contributed by atoms with E-state index >= 15 is 0 Å². The topological polar surface area (TPSA) is 92.9 Å². The lowest BCUT2D eigenvalue weighted by atomic mass is 10.1. The van der Waals surface area contributed by atoms with Gasteiger partial charge in [0.15, 0.2) is 0 Å². The number of anilines is 1. The normalized spacial score (nSPS) is 18.7. The molecule has 0 aliphatic carbocycles. The summed E-state index contributed by atoms with van der Waals surface area (Å²) < 4.78 is 5.03. The van der Waals surface area contributed by atoms with Gasteiger partial charge in [0, 0.05) is 37.6 Å². The Morgan fingerprint density at radius 3 is 2.84 bits per heavy atom. The maximum absolute atomic E-state index is 11.9. The third-order valence-corrected chi connectivity index (χ3v) is 3.13. The van der Waals surface area contributed by atoms with E-state index in [2.05, 4.69) is 0 Å². The van der Waals surface area contributed by atoms with E-state index in [9.17, 15) is 14.9 Å². The van der Waals surface area contributed by atoms with Crippen LogP contribution >= 0.6 is 0 Å². The zero-order valence-corrected chi connectivity index (χ0v) is 10.4. The van der Waals surface area contributed by atoms with E-state index in [1.165, 1.54) is 30.2 Å². The zero-order chi connectivity index (χ0) is 14.0. The van der Waals surface area contributed by atoms with Gasteiger partial charge in [-0.3, -0.25) is 14.9 Å². The monoisotopic (exact) mass is 266 g/mol. The van der Waals surface area contributed by atoms with Gasteiger partial charge >= 0.3 is 0 Å². The van der Waals surface area contributed by atoms with E-state index in [-0.39, 0.29) is 42.8 Å². The van der Waals surface area contributed by atoms with Gasteiger partial charge in [0.25, 0.3) is 5.69 Å². The molecule has 0 aromatic heterocycles. The molecule has 1 fully saturated rings. The SMILES string of the molecule is COc1ccc([N+](=O)[O-])c(N2CC(CO)CC2=O)c1. The number of rotatable bonds is 4. The summed E-state index contributed by atoms with van der Waals surface area (Å²) in [7, 11) is 1.45. The molecular weight excluding hydrogens is 252 g/mol. The van der Waals surface area contributed by atoms with E-state index in [1.807, 2.05) is 0 Å². The third-order valence-electron chi connectivity index (χ3n) is 3.13. The summed E-state index contributed by atoms with van der Waals surface area (Å²) in [5.74, 6) is 0.0366. The van der Waals surface area contributed by atoms with Crippen molar-refractivity contribution in [2.45, 2.75) is 6.42 Å². The number of benzene rings is 1. The van der Waals surface area contributed by atoms with Crippen LogP contribution in [-0.4, -0.2) is 36.2 Å². The summed E-state index contributed by atoms with van der Waals surface area (Å²) in [4.78, 5) is 23.7. The standard InChI is InChI=1S/C12H14N2O5/c1-19-9-2-3-10(14(17)18)11(5-9)13-6-8(7-15)4-12(13)16/h2-3,5,8,15H,4,6-7H2,1H3. The number of hydrogen-bond donors (Lipinski definition) is 1. The molecule has 0 spiro atoms. The number of hydrogen-bond acceptors (Lipinski definition) is 5. The van der Waals surface area contributed by atoms with Crippen molar-refractivity contribution >= 4 is 17.3 Å². The lowest BCUT2D eigenvalue weighted by molar-refractivity contribution is -0.384. The molecule has 19 heavy (non-hydrogen) atoms. The second kappa shape index (κ2) is 5.23. The first-order chi connectivity index (χ1) is 9.06. The predicted octanol–water partition coefficient (Wildman–Crippen LogP) is 0.949. The Kier molecular flexibility index (Phi) is 3.66. The van der Waals surface area contributed by atoms with Gasteiger partial charge in [-0.15, -0.1) is 0 Å². The first kappa shape index (κ1) is 13.3. The van der Waals surface area contributed by atoms with Crippen molar-refractivity contribution in [3.63, 3.8) is 0 Å². The van der Waals surface area contributed by atoms with Gasteiger partial charge in [-0.2, -0.15) is 0 Å². The molecule has 1 saturated heterocycles. The number of carbonyl (C=O) groups is 1. The van der Waals surface area contributed by atoms with E-state index in [0.29, 0.717) is 5.75 Å². The van der Waals surface area contributed by atoms with E-state index < -0.39 is 4.92 Å². The minimum absolute atomic E-state index is 0.111. The van der Waals surface area contributed by atoms with Crippen LogP contribution in [0, 0.1) is 16.0 Å². The van der Waals surface area contributed by atoms with Crippen LogP contribution in [0.2, 0.25) is 0 Å². The smallest absolute Gasteiger partial charge is 0.293 e. The number of aliphatic hydroxyl groups is 1. The lowest BCUT2D eigenvalue weighted by Gasteiger charge is -2.17. The molecule has 7 nitrogen and oxygen atoms in total. The van der Waals surface area contributed by atoms with E-state index in [4.69, 9.17) is 9.84 Å². The first-order valence-electron chi connectivity index (χ1n) is 5.80. The highest BCUT2D eigenvalue weighted by Crippen LogP contribution is 2.35. The van der Waals surface area contributed by atoms with Crippen LogP contribution < -0.4 is 9.64 Å². The van der Waals surface area contributed by atoms with Gasteiger partial charge in [0.05, 0.1) is 12.0 Å². The molecule has 7 heteroatoms. The molecule has 1 atom stereocenters. The molecule has 0 radical (unpaired) electrons. The fraction of sp³-hybridized carbons (Fsp3) is 0.417. The zero-order valence-electron chi connectivity index (χ0n) is 10.4. The van der Waals surface area contributed by atoms with E-state index in [1.54, 1.807) is 0 Å². The van der Waals surface area contributed by atoms with Gasteiger partial charge in [0.2, 0.25) is 5.91 Å². The number of methoxy groups -OCH3 is 1. The maximum Gasteiger partial charge on any atom is 0.293 e. The molecule has 2 rings (SSSR count). The molecule has 1 unspecified atom stereocenters. The molecule has 0 bridgehead atoms. The van der Waals surface area contributed by atoms with Crippen molar-refractivity contribution in [3.8, 4) is 5.75 Å². The summed E-state index contributed by atoms with van der Waals surface area (Å²) in [5, 5.41) is 20.1. The minimum atomic E-state index is -0.533. The molecule has 1 heterocycles. The van der Waals surface area contributed by atoms with Crippen molar-refractivity contribution in [2.75, 3.05) is 25.2 Å². The lowest BCUT2D eigenvalue weighted by Crippen LogP contribution is -2.25. The number of nitro benzene ring substituents is 1. The van der Waals surface area contributed by atoms with Crippen LogP contribution in [0.15, 0.2) is 18.2 Å². The highest BCUT2D eigenvalue weighted by molar-refractivity contribution is 5.98. The summed E-state index contributed by atoms with van der Waals surface area (Å²) >= 11 is 0. The number of nitro groups is 1. The van der Waals surface area contributed by atoms with Gasteiger partial charge in [-0.1, -0.05) is 0 Å². The van der Waals surface area contributed by atoms with Crippen molar-refractivity contribution in [1.29, 1.82) is 0 Å². The highest BCUT2D eigenvalue weighted by atomic mass is 16.6. The molecule has 0 saturated carbocycles. The number of aliphatic hydroxyl groups excluding tert-OH is 1. The quantitative estimate of drug-likeness (QED) is 0.647. The van der Waals surface area contributed by atoms with Gasteiger partial charge in [-0.25, -0.2) is 0 Å². The maximum atomic E-state index is 11.9. The van der Waals surface area contributed by atoms with Crippen molar-refractivity contribution in [1.82, 2.24) is 0 Å². The molecule has 102 valence electrons. The number of amides is 1. The molecular formula is C12H14N2O5. The second-order valence-electron chi connectivity index (χ2n) is 4.37. The Bertz CT molecular complexity index is 517. The summed E-state index contributed by atoms with van der Waals surface area (Å²) in [6.07, 6.45) is 0.199. The number of carbonyl (C=O) groups excluding carboxylic acids is 1. The van der Waals surface area contributed by atoms with Crippen molar-refractivity contribution in [2.24, 2.45) is 5.92 Å². The fourth-order valence-electron chi connectivity index (χ4n) is 2.14. The Hall–Kier alpha value is -2.15. The molecule has 1 N–H and O–H groups in total. The van der Waals surface area contributed by atoms with E-state index in [0.717, 1.165) is 0 Å². The molecule has 1 aromatic carbocycles. The van der Waals surface area contributed by atoms with Crippen molar-refractivity contribution < 1.29 is 19.6 Å². The molecule has 1 amide bonds. The van der Waals surface area contributed by atoms with Crippen LogP contribution in [0.25, 0.3) is 0 Å². The van der Waals surface area contributed by atoms with Crippen LogP contribution in [0.3, 0.4) is 0 Å². The number of ether oxygens (including phenoxy) is 1. The fourth-order valence-corrected chi connectivity index (χ4v) is 2.14. The second-order valence-corrected chi connectivity index (χ2v) is 4.37. The third kappa shape index (κ3) is 2.50. The Morgan fingerprint density at radius 1 is 1.58 bits per heavy atom. The van der Waals surface area contributed by atoms with Gasteiger partial charge in [-0.05, 0) is 6.07 Å². The highest BCUT2D eigenvalue weighted by Gasteiger charge is 2.34. The van der Waals surface area contributed by atoms with Crippen LogP contribution in [0.1, 0.15) is 6.42 Å². The Balaban J connectivity index is 2.42. The number of nitrogens with zero attached hydrogens (tertiary/aromatic N) is 2. The minimum Gasteiger partial charge on any atom is -0.497 e. The largest absolute Gasteiger partial charge is 0.497 e. The summed E-state index contributed by atoms with van der Waals surface area (Å²) in [6, 6.07) is 4.26. The summed E-state index contributed by atoms with van der Waals surface area (Å²) in [6.45, 7) is 0.170. The van der Waals surface area contributed by atoms with Gasteiger partial charge in [0.1, 0.15) is 11.4 Å². The Labute approximate surface area is 109 Å². The van der Waals surface area contributed by atoms with Crippen LogP contribution in [0.5, 0.6) is 5.75 Å². The van der Waals surface area contributed by atoms with Gasteiger partial charge < -0.3 is 14.7 Å². The molecule has 1 aliphatic rings. The van der Waals surface area contributed by atoms with Crippen LogP contribution in [0.4, 0.5) is 11.4 Å². The average Bonchev–Trinajstić information content (AvgIpc) is 2.79. The first-order valence-corrected chi connectivity index (χ1v) is 5.80. The average molecular weight is 266 g/mol. The van der Waals surface area contributed by atoms with Crippen molar-refractivity contribution in [3.05, 3.63) is 28.3 Å². The van der Waals surface area contributed by atoms with Crippen LogP contribution in [-0.2, 0) is 4.79 Å². The molecule has 1 aliphatic heterocycles. The summed E-state index contributed by atoms with van der Waals surface area (Å²) in [5.41, 5.74) is 0.0676. The predicted molar refractivity (Wildman–Crippen MR) is 67.2 cm³/mol. The Morgan fingerprint density at radius 2 is 2.32 bits per heavy atom.